The Morgan fingerprint density at radius 1 is 1.15 bits per heavy atom. The first-order valence-corrected chi connectivity index (χ1v) is 7.76. The predicted octanol–water partition coefficient (Wildman–Crippen LogP) is 3.02. The van der Waals surface area contributed by atoms with Crippen LogP contribution >= 0.6 is 0 Å². The van der Waals surface area contributed by atoms with Crippen molar-refractivity contribution in [1.29, 1.82) is 0 Å². The second-order valence-electron chi connectivity index (χ2n) is 8.49. The van der Waals surface area contributed by atoms with Crippen molar-refractivity contribution in [2.24, 2.45) is 10.8 Å². The maximum absolute atomic E-state index is 12.4. The number of nitrogens with zero attached hydrogens (tertiary/aromatic N) is 1. The Balaban J connectivity index is 2.14. The molecule has 2 aliphatic rings. The fraction of sp³-hybridized carbons (Fsp3) is 0.938. The van der Waals surface area contributed by atoms with E-state index in [0.717, 1.165) is 32.5 Å². The molecule has 1 unspecified atom stereocenters. The first kappa shape index (κ1) is 15.6. The molecule has 0 bridgehead atoms. The molecule has 0 aliphatic carbocycles. The van der Waals surface area contributed by atoms with Gasteiger partial charge in [-0.3, -0.25) is 0 Å². The van der Waals surface area contributed by atoms with E-state index in [1.54, 1.807) is 0 Å². The van der Waals surface area contributed by atoms with Gasteiger partial charge in [-0.1, -0.05) is 20.8 Å². The molecule has 2 aliphatic heterocycles. The monoisotopic (exact) mass is 282 g/mol. The van der Waals surface area contributed by atoms with Crippen molar-refractivity contribution < 1.29 is 9.53 Å². The lowest BCUT2D eigenvalue weighted by Gasteiger charge is -2.63. The van der Waals surface area contributed by atoms with E-state index in [1.807, 2.05) is 25.7 Å². The molecule has 2 rings (SSSR count). The molecule has 0 saturated carbocycles. The minimum Gasteiger partial charge on any atom is -0.444 e. The Kier molecular flexibility index (Phi) is 3.83. The van der Waals surface area contributed by atoms with Crippen LogP contribution in [0.4, 0.5) is 4.79 Å². The SMILES string of the molecule is CC(C)(C)OC(=O)N1CC2(CCNCC2)C1C(C)(C)C. The Morgan fingerprint density at radius 3 is 2.15 bits per heavy atom. The average Bonchev–Trinajstić information content (AvgIpc) is 2.22. The van der Waals surface area contributed by atoms with Crippen LogP contribution in [0.15, 0.2) is 0 Å². The van der Waals surface area contributed by atoms with Crippen LogP contribution in [0.1, 0.15) is 54.4 Å². The Bertz CT molecular complexity index is 373. The normalized spacial score (nSPS) is 26.3. The molecule has 0 aromatic carbocycles. The third-order valence-electron chi connectivity index (χ3n) is 4.42. The summed E-state index contributed by atoms with van der Waals surface area (Å²) in [5.41, 5.74) is -0.0384. The Labute approximate surface area is 123 Å². The summed E-state index contributed by atoms with van der Waals surface area (Å²) in [6, 6.07) is 0.284. The molecule has 20 heavy (non-hydrogen) atoms. The van der Waals surface area contributed by atoms with Crippen LogP contribution in [0, 0.1) is 10.8 Å². The van der Waals surface area contributed by atoms with E-state index in [9.17, 15) is 4.79 Å². The van der Waals surface area contributed by atoms with E-state index in [0.29, 0.717) is 5.41 Å². The number of carbonyl (C=O) groups is 1. The largest absolute Gasteiger partial charge is 0.444 e. The van der Waals surface area contributed by atoms with Crippen LogP contribution in [0.25, 0.3) is 0 Å². The highest BCUT2D eigenvalue weighted by Crippen LogP contribution is 2.52. The quantitative estimate of drug-likeness (QED) is 0.742. The van der Waals surface area contributed by atoms with Crippen molar-refractivity contribution in [2.75, 3.05) is 19.6 Å². The molecule has 1 N–H and O–H groups in total. The van der Waals surface area contributed by atoms with Gasteiger partial charge in [0.2, 0.25) is 0 Å². The molecule has 2 fully saturated rings. The molecule has 0 aromatic rings. The van der Waals surface area contributed by atoms with Crippen LogP contribution in [0.5, 0.6) is 0 Å². The van der Waals surface area contributed by atoms with Crippen molar-refractivity contribution in [2.45, 2.75) is 66.0 Å². The highest BCUT2D eigenvalue weighted by atomic mass is 16.6. The number of ether oxygens (including phenoxy) is 1. The van der Waals surface area contributed by atoms with Crippen LogP contribution in [0.2, 0.25) is 0 Å². The highest BCUT2D eigenvalue weighted by molar-refractivity contribution is 5.70. The number of carbonyl (C=O) groups excluding carboxylic acids is 1. The third kappa shape index (κ3) is 2.95. The van der Waals surface area contributed by atoms with E-state index in [2.05, 4.69) is 26.1 Å². The van der Waals surface area contributed by atoms with Gasteiger partial charge in [-0.2, -0.15) is 0 Å². The van der Waals surface area contributed by atoms with E-state index in [4.69, 9.17) is 4.74 Å². The maximum atomic E-state index is 12.4. The van der Waals surface area contributed by atoms with Crippen molar-refractivity contribution in [1.82, 2.24) is 10.2 Å². The molecular weight excluding hydrogens is 252 g/mol. The fourth-order valence-corrected chi connectivity index (χ4v) is 3.97. The minimum atomic E-state index is -0.420. The molecule has 1 spiro atoms. The van der Waals surface area contributed by atoms with Gasteiger partial charge >= 0.3 is 6.09 Å². The molecule has 2 saturated heterocycles. The summed E-state index contributed by atoms with van der Waals surface area (Å²) in [7, 11) is 0. The van der Waals surface area contributed by atoms with Gasteiger partial charge in [-0.15, -0.1) is 0 Å². The van der Waals surface area contributed by atoms with Gasteiger partial charge in [-0.25, -0.2) is 4.79 Å². The van der Waals surface area contributed by atoms with Gasteiger partial charge in [0.05, 0.1) is 0 Å². The summed E-state index contributed by atoms with van der Waals surface area (Å²) in [6.07, 6.45) is 2.17. The minimum absolute atomic E-state index is 0.0898. The second kappa shape index (κ2) is 4.90. The van der Waals surface area contributed by atoms with Crippen LogP contribution in [0.3, 0.4) is 0 Å². The maximum Gasteiger partial charge on any atom is 0.410 e. The molecule has 4 heteroatoms. The lowest BCUT2D eigenvalue weighted by atomic mass is 9.58. The molecule has 1 amide bonds. The van der Waals surface area contributed by atoms with Crippen molar-refractivity contribution >= 4 is 6.09 Å². The average molecular weight is 282 g/mol. The predicted molar refractivity (Wildman–Crippen MR) is 80.7 cm³/mol. The third-order valence-corrected chi connectivity index (χ3v) is 4.42. The van der Waals surface area contributed by atoms with Crippen molar-refractivity contribution in [3.8, 4) is 0 Å². The molecule has 116 valence electrons. The fourth-order valence-electron chi connectivity index (χ4n) is 3.97. The Morgan fingerprint density at radius 2 is 1.70 bits per heavy atom. The number of piperidine rings is 1. The number of nitrogens with one attached hydrogen (secondary N) is 1. The van der Waals surface area contributed by atoms with Crippen LogP contribution in [-0.2, 0) is 4.74 Å². The van der Waals surface area contributed by atoms with Gasteiger partial charge in [0.25, 0.3) is 0 Å². The molecule has 0 aromatic heterocycles. The first-order valence-electron chi connectivity index (χ1n) is 7.76. The van der Waals surface area contributed by atoms with Gasteiger partial charge in [0, 0.05) is 18.0 Å². The van der Waals surface area contributed by atoms with Crippen LogP contribution < -0.4 is 5.32 Å². The summed E-state index contributed by atoms with van der Waals surface area (Å²) in [5.74, 6) is 0. The Hall–Kier alpha value is -0.770. The molecule has 4 nitrogen and oxygen atoms in total. The summed E-state index contributed by atoms with van der Waals surface area (Å²) < 4.78 is 5.57. The second-order valence-corrected chi connectivity index (χ2v) is 8.49. The van der Waals surface area contributed by atoms with Gasteiger partial charge in [0.1, 0.15) is 5.60 Å². The van der Waals surface area contributed by atoms with E-state index >= 15 is 0 Å². The summed E-state index contributed by atoms with van der Waals surface area (Å²) in [6.45, 7) is 15.5. The van der Waals surface area contributed by atoms with Gasteiger partial charge in [-0.05, 0) is 52.1 Å². The van der Waals surface area contributed by atoms with Gasteiger partial charge < -0.3 is 15.0 Å². The smallest absolute Gasteiger partial charge is 0.410 e. The molecular formula is C16H30N2O2. The number of amides is 1. The first-order chi connectivity index (χ1) is 9.05. The summed E-state index contributed by atoms with van der Waals surface area (Å²) >= 11 is 0. The van der Waals surface area contributed by atoms with E-state index in [1.165, 1.54) is 0 Å². The zero-order valence-corrected chi connectivity index (χ0v) is 13.9. The van der Waals surface area contributed by atoms with Crippen LogP contribution in [-0.4, -0.2) is 42.3 Å². The van der Waals surface area contributed by atoms with E-state index < -0.39 is 5.60 Å². The zero-order chi connectivity index (χ0) is 15.2. The summed E-state index contributed by atoms with van der Waals surface area (Å²) in [5, 5.41) is 3.43. The molecule has 2 heterocycles. The lowest BCUT2D eigenvalue weighted by molar-refractivity contribution is -0.134. The van der Waals surface area contributed by atoms with Crippen molar-refractivity contribution in [3.63, 3.8) is 0 Å². The lowest BCUT2D eigenvalue weighted by Crippen LogP contribution is -2.72. The standard InChI is InChI=1S/C16H30N2O2/c1-14(2,3)12-16(7-9-17-10-8-16)11-18(12)13(19)20-15(4,5)6/h12,17H,7-11H2,1-6H3. The van der Waals surface area contributed by atoms with Crippen molar-refractivity contribution in [3.05, 3.63) is 0 Å². The van der Waals surface area contributed by atoms with Gasteiger partial charge in [0.15, 0.2) is 0 Å². The number of hydrogen-bond acceptors (Lipinski definition) is 3. The topological polar surface area (TPSA) is 41.6 Å². The summed E-state index contributed by atoms with van der Waals surface area (Å²) in [4.78, 5) is 14.4. The number of hydrogen-bond donors (Lipinski definition) is 1. The molecule has 0 radical (unpaired) electrons. The highest BCUT2D eigenvalue weighted by Gasteiger charge is 2.59. The number of likely N-dealkylation sites (tertiary alicyclic amines) is 1. The number of rotatable bonds is 0. The van der Waals surface area contributed by atoms with E-state index in [-0.39, 0.29) is 17.6 Å². The zero-order valence-electron chi connectivity index (χ0n) is 13.9. The molecule has 1 atom stereocenters.